The summed E-state index contributed by atoms with van der Waals surface area (Å²) in [6, 6.07) is 2.25. The molecule has 1 aromatic rings. The zero-order valence-corrected chi connectivity index (χ0v) is 13.2. The van der Waals surface area contributed by atoms with Gasteiger partial charge in [0.2, 0.25) is 10.0 Å². The molecule has 0 aliphatic carbocycles. The van der Waals surface area contributed by atoms with E-state index < -0.39 is 31.7 Å². The average molecular weight is 357 g/mol. The third-order valence-corrected chi connectivity index (χ3v) is 5.97. The molecule has 1 aromatic carbocycles. The number of piperidine rings is 1. The van der Waals surface area contributed by atoms with Crippen LogP contribution in [0.3, 0.4) is 0 Å². The minimum Gasteiger partial charge on any atom is -0.329 e. The summed E-state index contributed by atoms with van der Waals surface area (Å²) in [5, 5.41) is -0.527. The van der Waals surface area contributed by atoms with Crippen LogP contribution < -0.4 is 5.73 Å². The average Bonchev–Trinajstić information content (AvgIpc) is 2.46. The van der Waals surface area contributed by atoms with Gasteiger partial charge >= 0.3 is 6.18 Å². The van der Waals surface area contributed by atoms with E-state index in [0.29, 0.717) is 18.9 Å². The van der Waals surface area contributed by atoms with Crippen LogP contribution in [0.5, 0.6) is 0 Å². The Morgan fingerprint density at radius 3 is 2.59 bits per heavy atom. The molecule has 1 saturated heterocycles. The predicted molar refractivity (Wildman–Crippen MR) is 77.0 cm³/mol. The van der Waals surface area contributed by atoms with E-state index in [-0.39, 0.29) is 19.1 Å². The molecule has 0 bridgehead atoms. The first-order valence-corrected chi connectivity index (χ1v) is 8.58. The van der Waals surface area contributed by atoms with Crippen molar-refractivity contribution in [2.24, 2.45) is 5.73 Å². The van der Waals surface area contributed by atoms with E-state index in [1.807, 2.05) is 0 Å². The van der Waals surface area contributed by atoms with Gasteiger partial charge in [0, 0.05) is 19.1 Å². The first-order chi connectivity index (χ1) is 10.2. The van der Waals surface area contributed by atoms with Crippen molar-refractivity contribution in [1.29, 1.82) is 0 Å². The lowest BCUT2D eigenvalue weighted by molar-refractivity contribution is -0.137. The number of hydrogen-bond acceptors (Lipinski definition) is 3. The maximum Gasteiger partial charge on any atom is 0.417 e. The fraction of sp³-hybridized carbons (Fsp3) is 0.538. The number of alkyl halides is 3. The number of rotatable bonds is 3. The third-order valence-electron chi connectivity index (χ3n) is 3.70. The van der Waals surface area contributed by atoms with Gasteiger partial charge in [-0.1, -0.05) is 18.0 Å². The number of nitrogens with two attached hydrogens (primary N) is 1. The van der Waals surface area contributed by atoms with Crippen molar-refractivity contribution in [3.63, 3.8) is 0 Å². The molecule has 4 nitrogen and oxygen atoms in total. The van der Waals surface area contributed by atoms with E-state index in [1.54, 1.807) is 0 Å². The van der Waals surface area contributed by atoms with E-state index >= 15 is 0 Å². The van der Waals surface area contributed by atoms with Gasteiger partial charge in [-0.25, -0.2) is 8.42 Å². The zero-order chi connectivity index (χ0) is 16.5. The molecule has 9 heteroatoms. The van der Waals surface area contributed by atoms with Crippen molar-refractivity contribution in [2.75, 3.05) is 13.1 Å². The Kier molecular flexibility index (Phi) is 5.06. The van der Waals surface area contributed by atoms with Gasteiger partial charge in [-0.2, -0.15) is 17.5 Å². The molecule has 1 aliphatic rings. The van der Waals surface area contributed by atoms with Gasteiger partial charge in [0.1, 0.15) is 0 Å². The first-order valence-electron chi connectivity index (χ1n) is 6.76. The third kappa shape index (κ3) is 3.40. The lowest BCUT2D eigenvalue weighted by atomic mass is 10.1. The van der Waals surface area contributed by atoms with Gasteiger partial charge in [0.25, 0.3) is 0 Å². The molecule has 1 aliphatic heterocycles. The molecule has 0 saturated carbocycles. The molecule has 1 unspecified atom stereocenters. The molecular formula is C13H16ClF3N2O2S. The Morgan fingerprint density at radius 2 is 2.00 bits per heavy atom. The lowest BCUT2D eigenvalue weighted by Crippen LogP contribution is -2.47. The van der Waals surface area contributed by atoms with Crippen LogP contribution in [0.4, 0.5) is 13.2 Å². The zero-order valence-electron chi connectivity index (χ0n) is 11.6. The van der Waals surface area contributed by atoms with Gasteiger partial charge < -0.3 is 5.73 Å². The highest BCUT2D eigenvalue weighted by Crippen LogP contribution is 2.37. The van der Waals surface area contributed by atoms with Crippen LogP contribution in [-0.4, -0.2) is 31.9 Å². The Labute approximate surface area is 132 Å². The molecular weight excluding hydrogens is 341 g/mol. The van der Waals surface area contributed by atoms with Gasteiger partial charge in [0.15, 0.2) is 0 Å². The highest BCUT2D eigenvalue weighted by atomic mass is 35.5. The molecule has 0 aromatic heterocycles. The van der Waals surface area contributed by atoms with E-state index in [0.717, 1.165) is 18.6 Å². The number of hydrogen-bond donors (Lipinski definition) is 1. The Hall–Kier alpha value is -0.830. The Morgan fingerprint density at radius 1 is 1.32 bits per heavy atom. The van der Waals surface area contributed by atoms with E-state index in [4.69, 9.17) is 17.3 Å². The van der Waals surface area contributed by atoms with Gasteiger partial charge in [0.05, 0.1) is 15.5 Å². The van der Waals surface area contributed by atoms with Crippen LogP contribution in [-0.2, 0) is 16.2 Å². The molecule has 124 valence electrons. The van der Waals surface area contributed by atoms with Crippen LogP contribution >= 0.6 is 11.6 Å². The van der Waals surface area contributed by atoms with Crippen LogP contribution in [0.15, 0.2) is 23.1 Å². The maximum atomic E-state index is 12.9. The van der Waals surface area contributed by atoms with Gasteiger partial charge in [-0.15, -0.1) is 0 Å². The molecule has 2 rings (SSSR count). The van der Waals surface area contributed by atoms with Crippen molar-refractivity contribution >= 4 is 21.6 Å². The standard InChI is InChI=1S/C13H16ClF3N2O2S/c14-12-5-4-10(7-11(12)13(15,16)17)22(20,21)19-6-2-1-3-9(19)8-18/h4-5,7,9H,1-3,6,8,18H2. The normalized spacial score (nSPS) is 21.0. The summed E-state index contributed by atoms with van der Waals surface area (Å²) in [6.45, 7) is 0.396. The second kappa shape index (κ2) is 6.35. The van der Waals surface area contributed by atoms with Crippen molar-refractivity contribution in [1.82, 2.24) is 4.31 Å². The molecule has 1 atom stereocenters. The minimum atomic E-state index is -4.71. The van der Waals surface area contributed by atoms with E-state index in [1.165, 1.54) is 4.31 Å². The summed E-state index contributed by atoms with van der Waals surface area (Å²) in [5.74, 6) is 0. The summed E-state index contributed by atoms with van der Waals surface area (Å²) < 4.78 is 65.1. The fourth-order valence-corrected chi connectivity index (χ4v) is 4.50. The van der Waals surface area contributed by atoms with Crippen molar-refractivity contribution in [3.05, 3.63) is 28.8 Å². The molecule has 2 N–H and O–H groups in total. The first kappa shape index (κ1) is 17.5. The SMILES string of the molecule is NCC1CCCCN1S(=O)(=O)c1ccc(Cl)c(C(F)(F)F)c1. The second-order valence-electron chi connectivity index (χ2n) is 5.14. The van der Waals surface area contributed by atoms with Crippen molar-refractivity contribution in [2.45, 2.75) is 36.4 Å². The van der Waals surface area contributed by atoms with Crippen LogP contribution in [0.1, 0.15) is 24.8 Å². The molecule has 0 amide bonds. The summed E-state index contributed by atoms with van der Waals surface area (Å²) in [5.41, 5.74) is 4.43. The molecule has 0 spiro atoms. The lowest BCUT2D eigenvalue weighted by Gasteiger charge is -2.34. The number of nitrogens with zero attached hydrogens (tertiary/aromatic N) is 1. The fourth-order valence-electron chi connectivity index (χ4n) is 2.54. The number of benzene rings is 1. The summed E-state index contributed by atoms with van der Waals surface area (Å²) in [6.07, 6.45) is -2.59. The van der Waals surface area contributed by atoms with Crippen molar-refractivity contribution in [3.8, 4) is 0 Å². The summed E-state index contributed by atoms with van der Waals surface area (Å²) in [4.78, 5) is -0.412. The monoisotopic (exact) mass is 356 g/mol. The van der Waals surface area contributed by atoms with Crippen molar-refractivity contribution < 1.29 is 21.6 Å². The summed E-state index contributed by atoms with van der Waals surface area (Å²) in [7, 11) is -4.03. The van der Waals surface area contributed by atoms with Gasteiger partial charge in [-0.3, -0.25) is 0 Å². The molecule has 1 fully saturated rings. The summed E-state index contributed by atoms with van der Waals surface area (Å²) >= 11 is 5.52. The van der Waals surface area contributed by atoms with E-state index in [2.05, 4.69) is 0 Å². The second-order valence-corrected chi connectivity index (χ2v) is 7.44. The Balaban J connectivity index is 2.45. The topological polar surface area (TPSA) is 63.4 Å². The highest BCUT2D eigenvalue weighted by molar-refractivity contribution is 7.89. The number of sulfonamides is 1. The van der Waals surface area contributed by atoms with Crippen LogP contribution in [0, 0.1) is 0 Å². The minimum absolute atomic E-state index is 0.138. The molecule has 0 radical (unpaired) electrons. The Bertz CT molecular complexity index is 649. The van der Waals surface area contributed by atoms with Crippen LogP contribution in [0.2, 0.25) is 5.02 Å². The van der Waals surface area contributed by atoms with E-state index in [9.17, 15) is 21.6 Å². The number of halogens is 4. The highest BCUT2D eigenvalue weighted by Gasteiger charge is 2.37. The quantitative estimate of drug-likeness (QED) is 0.905. The maximum absolute atomic E-state index is 12.9. The van der Waals surface area contributed by atoms with Gasteiger partial charge in [-0.05, 0) is 31.0 Å². The van der Waals surface area contributed by atoms with Crippen LogP contribution in [0.25, 0.3) is 0 Å². The molecule has 1 heterocycles. The smallest absolute Gasteiger partial charge is 0.329 e. The largest absolute Gasteiger partial charge is 0.417 e. The molecule has 22 heavy (non-hydrogen) atoms. The predicted octanol–water partition coefficient (Wildman–Crippen LogP) is 2.86.